The van der Waals surface area contributed by atoms with E-state index in [2.05, 4.69) is 0 Å². The van der Waals surface area contributed by atoms with Crippen LogP contribution in [-0.2, 0) is 9.59 Å². The van der Waals surface area contributed by atoms with Crippen molar-refractivity contribution >= 4 is 34.7 Å². The van der Waals surface area contributed by atoms with Gasteiger partial charge in [0.1, 0.15) is 0 Å². The van der Waals surface area contributed by atoms with Crippen LogP contribution in [0.15, 0.2) is 0 Å². The van der Waals surface area contributed by atoms with Crippen LogP contribution in [-0.4, -0.2) is 26.1 Å². The summed E-state index contributed by atoms with van der Waals surface area (Å²) in [5.41, 5.74) is 0. The van der Waals surface area contributed by atoms with Gasteiger partial charge in [0.15, 0.2) is 0 Å². The quantitative estimate of drug-likeness (QED) is 0.625. The van der Waals surface area contributed by atoms with Crippen molar-refractivity contribution in [3.63, 3.8) is 0 Å². The Balaban J connectivity index is 2.43. The molecule has 5 heteroatoms. The summed E-state index contributed by atoms with van der Waals surface area (Å²) >= 11 is 2.01. The Hall–Kier alpha value is -0.330. The fourth-order valence-corrected chi connectivity index (χ4v) is 2.36. The first-order valence-electron chi connectivity index (χ1n) is 4.70. The third-order valence-corrected chi connectivity index (χ3v) is 4.13. The first kappa shape index (κ1) is 11.7. The summed E-state index contributed by atoms with van der Waals surface area (Å²) in [5, 5.41) is 8.79. The van der Waals surface area contributed by atoms with Gasteiger partial charge in [-0.1, -0.05) is 0 Å². The summed E-state index contributed by atoms with van der Waals surface area (Å²) < 4.78 is 1.69. The van der Waals surface area contributed by atoms with Crippen LogP contribution in [0.1, 0.15) is 32.6 Å². The van der Waals surface area contributed by atoms with Gasteiger partial charge < -0.3 is 5.11 Å². The number of hydrogen-bond acceptors (Lipinski definition) is 2. The number of nitrogens with zero attached hydrogens (tertiary/aromatic N) is 1. The van der Waals surface area contributed by atoms with E-state index in [-0.39, 0.29) is 17.9 Å². The molecule has 0 atom stereocenters. The lowest BCUT2D eigenvalue weighted by molar-refractivity contribution is -0.143. The molecule has 1 rings (SSSR count). The predicted molar refractivity (Wildman–Crippen MR) is 59.9 cm³/mol. The normalized spacial score (nSPS) is 27.0. The molecular formula is C9H14INO3. The third-order valence-electron chi connectivity index (χ3n) is 2.67. The number of carboxylic acid groups (broad SMARTS) is 1. The fourth-order valence-electron chi connectivity index (χ4n) is 1.81. The lowest BCUT2D eigenvalue weighted by Crippen LogP contribution is -2.35. The molecule has 0 aromatic rings. The summed E-state index contributed by atoms with van der Waals surface area (Å²) in [4.78, 5) is 21.7. The Labute approximate surface area is 97.1 Å². The zero-order valence-electron chi connectivity index (χ0n) is 8.07. The third kappa shape index (κ3) is 2.83. The molecular weight excluding hydrogens is 297 g/mol. The highest BCUT2D eigenvalue weighted by Crippen LogP contribution is 2.29. The van der Waals surface area contributed by atoms with E-state index in [1.165, 1.54) is 6.92 Å². The number of aliphatic carboxylic acids is 1. The van der Waals surface area contributed by atoms with Crippen LogP contribution in [0, 0.1) is 5.92 Å². The second-order valence-electron chi connectivity index (χ2n) is 3.67. The van der Waals surface area contributed by atoms with Gasteiger partial charge in [-0.2, -0.15) is 0 Å². The van der Waals surface area contributed by atoms with E-state index in [4.69, 9.17) is 5.11 Å². The van der Waals surface area contributed by atoms with Crippen LogP contribution in [0.25, 0.3) is 0 Å². The molecule has 4 nitrogen and oxygen atoms in total. The number of hydrogen-bond donors (Lipinski definition) is 1. The molecule has 0 spiro atoms. The average Bonchev–Trinajstić information content (AvgIpc) is 2.16. The Morgan fingerprint density at radius 2 is 1.79 bits per heavy atom. The van der Waals surface area contributed by atoms with Crippen molar-refractivity contribution in [2.24, 2.45) is 5.92 Å². The maximum absolute atomic E-state index is 11.1. The Morgan fingerprint density at radius 1 is 1.29 bits per heavy atom. The van der Waals surface area contributed by atoms with Crippen molar-refractivity contribution in [2.45, 2.75) is 38.6 Å². The van der Waals surface area contributed by atoms with Crippen molar-refractivity contribution in [1.29, 1.82) is 0 Å². The first-order chi connectivity index (χ1) is 6.52. The highest BCUT2D eigenvalue weighted by molar-refractivity contribution is 14.1. The summed E-state index contributed by atoms with van der Waals surface area (Å²) in [6.45, 7) is 1.54. The van der Waals surface area contributed by atoms with Crippen molar-refractivity contribution in [3.05, 3.63) is 0 Å². The monoisotopic (exact) mass is 311 g/mol. The van der Waals surface area contributed by atoms with Crippen molar-refractivity contribution < 1.29 is 14.7 Å². The second kappa shape index (κ2) is 4.95. The number of carboxylic acids is 1. The minimum atomic E-state index is -0.703. The highest BCUT2D eigenvalue weighted by atomic mass is 127. The summed E-state index contributed by atoms with van der Waals surface area (Å²) in [5.74, 6) is -0.862. The molecule has 1 saturated carbocycles. The van der Waals surface area contributed by atoms with Crippen LogP contribution in [0.5, 0.6) is 0 Å². The zero-order valence-corrected chi connectivity index (χ0v) is 10.2. The molecule has 14 heavy (non-hydrogen) atoms. The Morgan fingerprint density at radius 3 is 2.14 bits per heavy atom. The molecule has 0 bridgehead atoms. The molecule has 0 heterocycles. The van der Waals surface area contributed by atoms with Crippen LogP contribution >= 0.6 is 22.9 Å². The standard InChI is InChI=1S/C9H14INO3/c1-6(12)11(10)8-4-2-7(3-5-8)9(13)14/h7-8H,2-5H2,1H3,(H,13,14). The minimum Gasteiger partial charge on any atom is -0.481 e. The molecule has 80 valence electrons. The molecule has 1 aliphatic carbocycles. The molecule has 0 unspecified atom stereocenters. The Bertz CT molecular complexity index is 236. The minimum absolute atomic E-state index is 0.0457. The summed E-state index contributed by atoms with van der Waals surface area (Å²) in [7, 11) is 0. The number of carbonyl (C=O) groups is 2. The van der Waals surface area contributed by atoms with Gasteiger partial charge in [0.25, 0.3) is 0 Å². The van der Waals surface area contributed by atoms with Gasteiger partial charge in [0.2, 0.25) is 5.91 Å². The molecule has 0 aromatic heterocycles. The van der Waals surface area contributed by atoms with Gasteiger partial charge >= 0.3 is 5.97 Å². The van der Waals surface area contributed by atoms with E-state index in [0.717, 1.165) is 12.8 Å². The van der Waals surface area contributed by atoms with Crippen molar-refractivity contribution in [2.75, 3.05) is 0 Å². The smallest absolute Gasteiger partial charge is 0.306 e. The summed E-state index contributed by atoms with van der Waals surface area (Å²) in [6.07, 6.45) is 2.98. The molecule has 0 aliphatic heterocycles. The van der Waals surface area contributed by atoms with Crippen LogP contribution in [0.4, 0.5) is 0 Å². The van der Waals surface area contributed by atoms with Gasteiger partial charge in [0, 0.05) is 13.0 Å². The van der Waals surface area contributed by atoms with Gasteiger partial charge in [0.05, 0.1) is 28.8 Å². The molecule has 1 N–H and O–H groups in total. The fraction of sp³-hybridized carbons (Fsp3) is 0.778. The maximum Gasteiger partial charge on any atom is 0.306 e. The van der Waals surface area contributed by atoms with Crippen LogP contribution in [0.2, 0.25) is 0 Å². The zero-order chi connectivity index (χ0) is 10.7. The van der Waals surface area contributed by atoms with E-state index >= 15 is 0 Å². The highest BCUT2D eigenvalue weighted by Gasteiger charge is 2.29. The molecule has 1 aliphatic rings. The second-order valence-corrected chi connectivity index (χ2v) is 4.71. The largest absolute Gasteiger partial charge is 0.481 e. The molecule has 0 radical (unpaired) electrons. The van der Waals surface area contributed by atoms with Crippen molar-refractivity contribution in [1.82, 2.24) is 3.11 Å². The number of rotatable bonds is 2. The molecule has 1 fully saturated rings. The molecule has 1 amide bonds. The lowest BCUT2D eigenvalue weighted by atomic mass is 9.86. The number of carbonyl (C=O) groups excluding carboxylic acids is 1. The maximum atomic E-state index is 11.1. The number of halogens is 1. The van der Waals surface area contributed by atoms with Gasteiger partial charge in [-0.15, -0.1) is 0 Å². The van der Waals surface area contributed by atoms with Crippen LogP contribution < -0.4 is 0 Å². The van der Waals surface area contributed by atoms with E-state index in [0.29, 0.717) is 12.8 Å². The van der Waals surface area contributed by atoms with Gasteiger partial charge in [-0.3, -0.25) is 12.7 Å². The van der Waals surface area contributed by atoms with Gasteiger partial charge in [-0.25, -0.2) is 0 Å². The SMILES string of the molecule is CC(=O)N(I)C1CCC(C(=O)O)CC1. The topological polar surface area (TPSA) is 57.6 Å². The van der Waals surface area contributed by atoms with E-state index in [1.807, 2.05) is 22.9 Å². The average molecular weight is 311 g/mol. The summed E-state index contributed by atoms with van der Waals surface area (Å²) in [6, 6.07) is 0.226. The van der Waals surface area contributed by atoms with Crippen LogP contribution in [0.3, 0.4) is 0 Å². The number of amides is 1. The van der Waals surface area contributed by atoms with Gasteiger partial charge in [-0.05, 0) is 25.7 Å². The van der Waals surface area contributed by atoms with Crippen molar-refractivity contribution in [3.8, 4) is 0 Å². The van der Waals surface area contributed by atoms with E-state index in [9.17, 15) is 9.59 Å². The molecule has 0 aromatic carbocycles. The van der Waals surface area contributed by atoms with E-state index < -0.39 is 5.97 Å². The first-order valence-corrected chi connectivity index (χ1v) is 5.67. The Kier molecular flexibility index (Phi) is 4.15. The molecule has 0 saturated heterocycles. The lowest BCUT2D eigenvalue weighted by Gasteiger charge is -2.31. The van der Waals surface area contributed by atoms with E-state index in [1.54, 1.807) is 3.11 Å². The predicted octanol–water partition coefficient (Wildman–Crippen LogP) is 1.83.